The van der Waals surface area contributed by atoms with Crippen molar-refractivity contribution in [2.75, 3.05) is 32.9 Å². The molecule has 0 aromatic carbocycles. The Balaban J connectivity index is 2.66. The van der Waals surface area contributed by atoms with E-state index in [-0.39, 0.29) is 24.6 Å². The highest BCUT2D eigenvalue weighted by atomic mass is 32.2. The lowest BCUT2D eigenvalue weighted by molar-refractivity contribution is -0.137. The van der Waals surface area contributed by atoms with Crippen LogP contribution in [0.4, 0.5) is 0 Å². The summed E-state index contributed by atoms with van der Waals surface area (Å²) < 4.78 is 26.5. The molecule has 0 aliphatic heterocycles. The van der Waals surface area contributed by atoms with E-state index in [0.717, 1.165) is 25.7 Å². The van der Waals surface area contributed by atoms with Gasteiger partial charge in [-0.25, -0.2) is 8.42 Å². The topological polar surface area (TPSA) is 77.9 Å². The van der Waals surface area contributed by atoms with Gasteiger partial charge in [0.25, 0.3) is 0 Å². The zero-order valence-electron chi connectivity index (χ0n) is 12.4. The van der Waals surface area contributed by atoms with E-state index in [0.29, 0.717) is 13.1 Å². The molecule has 0 aromatic heterocycles. The summed E-state index contributed by atoms with van der Waals surface area (Å²) in [6, 6.07) is 0.102. The van der Waals surface area contributed by atoms with E-state index in [9.17, 15) is 13.2 Å². The molecule has 1 aliphatic rings. The highest BCUT2D eigenvalue weighted by Gasteiger charge is 2.31. The highest BCUT2D eigenvalue weighted by Crippen LogP contribution is 2.26. The van der Waals surface area contributed by atoms with E-state index in [1.807, 2.05) is 19.0 Å². The third-order valence-electron chi connectivity index (χ3n) is 3.65. The monoisotopic (exact) mass is 306 g/mol. The summed E-state index contributed by atoms with van der Waals surface area (Å²) in [7, 11) is 0.487. The van der Waals surface area contributed by atoms with Gasteiger partial charge in [-0.2, -0.15) is 4.31 Å². The molecular formula is C13H26N2O4S. The Hall–Kier alpha value is -0.660. The summed E-state index contributed by atoms with van der Waals surface area (Å²) >= 11 is 0. The molecule has 0 bridgehead atoms. The van der Waals surface area contributed by atoms with Crippen LogP contribution in [0.15, 0.2) is 0 Å². The fraction of sp³-hybridized carbons (Fsp3) is 0.923. The van der Waals surface area contributed by atoms with Gasteiger partial charge in [-0.15, -0.1) is 0 Å². The van der Waals surface area contributed by atoms with E-state index in [4.69, 9.17) is 5.11 Å². The Kier molecular flexibility index (Phi) is 6.91. The van der Waals surface area contributed by atoms with Gasteiger partial charge in [0.15, 0.2) is 0 Å². The molecule has 1 saturated carbocycles. The van der Waals surface area contributed by atoms with E-state index in [2.05, 4.69) is 0 Å². The molecule has 7 heteroatoms. The third kappa shape index (κ3) is 5.76. The number of sulfonamides is 1. The molecule has 6 nitrogen and oxygen atoms in total. The maximum atomic E-state index is 12.4. The normalized spacial score (nSPS) is 17.2. The summed E-state index contributed by atoms with van der Waals surface area (Å²) in [5, 5.41) is 8.62. The number of likely N-dealkylation sites (N-methyl/N-ethyl adjacent to an activating group) is 1. The summed E-state index contributed by atoms with van der Waals surface area (Å²) in [5.41, 5.74) is 0. The largest absolute Gasteiger partial charge is 0.481 e. The molecule has 0 atom stereocenters. The molecule has 1 rings (SSSR count). The van der Waals surface area contributed by atoms with Gasteiger partial charge in [0.05, 0.1) is 5.75 Å². The van der Waals surface area contributed by atoms with Gasteiger partial charge in [0, 0.05) is 25.6 Å². The molecule has 0 saturated heterocycles. The van der Waals surface area contributed by atoms with Crippen LogP contribution in [-0.2, 0) is 14.8 Å². The number of carboxylic acids is 1. The number of rotatable bonds is 9. The lowest BCUT2D eigenvalue weighted by Gasteiger charge is -2.29. The van der Waals surface area contributed by atoms with E-state index < -0.39 is 16.0 Å². The zero-order valence-corrected chi connectivity index (χ0v) is 13.2. The van der Waals surface area contributed by atoms with E-state index in [1.165, 1.54) is 0 Å². The summed E-state index contributed by atoms with van der Waals surface area (Å²) in [5.74, 6) is -1.01. The van der Waals surface area contributed by atoms with Crippen molar-refractivity contribution < 1.29 is 18.3 Å². The fourth-order valence-corrected chi connectivity index (χ4v) is 4.33. The minimum absolute atomic E-state index is 0.0662. The average molecular weight is 306 g/mol. The predicted molar refractivity (Wildman–Crippen MR) is 78.2 cm³/mol. The van der Waals surface area contributed by atoms with Crippen LogP contribution in [0, 0.1) is 0 Å². The average Bonchev–Trinajstić information content (AvgIpc) is 2.81. The van der Waals surface area contributed by atoms with E-state index >= 15 is 0 Å². The molecule has 1 N–H and O–H groups in total. The maximum absolute atomic E-state index is 12.4. The van der Waals surface area contributed by atoms with Crippen molar-refractivity contribution in [3.05, 3.63) is 0 Å². The smallest absolute Gasteiger partial charge is 0.303 e. The Labute approximate surface area is 121 Å². The zero-order chi connectivity index (χ0) is 15.2. The Morgan fingerprint density at radius 3 is 2.30 bits per heavy atom. The van der Waals surface area contributed by atoms with Crippen LogP contribution in [0.3, 0.4) is 0 Å². The van der Waals surface area contributed by atoms with Gasteiger partial charge in [-0.05, 0) is 33.4 Å². The van der Waals surface area contributed by atoms with Crippen LogP contribution in [0.5, 0.6) is 0 Å². The van der Waals surface area contributed by atoms with Crippen molar-refractivity contribution in [3.8, 4) is 0 Å². The Bertz CT molecular complexity index is 403. The lowest BCUT2D eigenvalue weighted by atomic mass is 10.2. The minimum atomic E-state index is -3.35. The molecule has 0 amide bonds. The van der Waals surface area contributed by atoms with Crippen LogP contribution in [-0.4, -0.2) is 67.7 Å². The van der Waals surface area contributed by atoms with Gasteiger partial charge < -0.3 is 10.0 Å². The quantitative estimate of drug-likeness (QED) is 0.687. The molecule has 1 aliphatic carbocycles. The molecular weight excluding hydrogens is 280 g/mol. The van der Waals surface area contributed by atoms with Crippen molar-refractivity contribution in [2.24, 2.45) is 0 Å². The SMILES string of the molecule is CN(C)CCN(C1CCCC1)S(=O)(=O)CCCC(=O)O. The number of hydrogen-bond acceptors (Lipinski definition) is 4. The first-order valence-corrected chi connectivity index (χ1v) is 8.80. The second kappa shape index (κ2) is 7.95. The van der Waals surface area contributed by atoms with Gasteiger partial charge in [0.1, 0.15) is 0 Å². The second-order valence-electron chi connectivity index (χ2n) is 5.67. The number of nitrogens with zero attached hydrogens (tertiary/aromatic N) is 2. The first-order chi connectivity index (χ1) is 9.33. The van der Waals surface area contributed by atoms with Crippen molar-refractivity contribution in [3.63, 3.8) is 0 Å². The van der Waals surface area contributed by atoms with Crippen LogP contribution in [0.1, 0.15) is 38.5 Å². The molecule has 1 fully saturated rings. The molecule has 0 unspecified atom stereocenters. The van der Waals surface area contributed by atoms with Crippen molar-refractivity contribution in [2.45, 2.75) is 44.6 Å². The Morgan fingerprint density at radius 1 is 1.20 bits per heavy atom. The van der Waals surface area contributed by atoms with Gasteiger partial charge >= 0.3 is 5.97 Å². The summed E-state index contributed by atoms with van der Waals surface area (Å²) in [6.07, 6.45) is 4.09. The minimum Gasteiger partial charge on any atom is -0.481 e. The van der Waals surface area contributed by atoms with Crippen LogP contribution < -0.4 is 0 Å². The molecule has 0 spiro atoms. The second-order valence-corrected chi connectivity index (χ2v) is 7.71. The molecule has 0 aromatic rings. The number of aliphatic carboxylic acids is 1. The summed E-state index contributed by atoms with van der Waals surface area (Å²) in [4.78, 5) is 12.5. The van der Waals surface area contributed by atoms with Crippen molar-refractivity contribution in [1.82, 2.24) is 9.21 Å². The van der Waals surface area contributed by atoms with Gasteiger partial charge in [-0.1, -0.05) is 12.8 Å². The standard InChI is InChI=1S/C13H26N2O4S/c1-14(2)9-10-15(12-6-3-4-7-12)20(18,19)11-5-8-13(16)17/h12H,3-11H2,1-2H3,(H,16,17). The third-order valence-corrected chi connectivity index (χ3v) is 5.65. The molecule has 20 heavy (non-hydrogen) atoms. The van der Waals surface area contributed by atoms with E-state index in [1.54, 1.807) is 4.31 Å². The van der Waals surface area contributed by atoms with Crippen LogP contribution in [0.2, 0.25) is 0 Å². The number of carbonyl (C=O) groups is 1. The highest BCUT2D eigenvalue weighted by molar-refractivity contribution is 7.89. The van der Waals surface area contributed by atoms with Crippen molar-refractivity contribution >= 4 is 16.0 Å². The fourth-order valence-electron chi connectivity index (χ4n) is 2.56. The van der Waals surface area contributed by atoms with Crippen LogP contribution in [0.25, 0.3) is 0 Å². The molecule has 0 heterocycles. The number of hydrogen-bond donors (Lipinski definition) is 1. The lowest BCUT2D eigenvalue weighted by Crippen LogP contribution is -2.43. The maximum Gasteiger partial charge on any atom is 0.303 e. The van der Waals surface area contributed by atoms with Gasteiger partial charge in [0.2, 0.25) is 10.0 Å². The van der Waals surface area contributed by atoms with Crippen LogP contribution >= 0.6 is 0 Å². The van der Waals surface area contributed by atoms with Crippen molar-refractivity contribution in [1.29, 1.82) is 0 Å². The first kappa shape index (κ1) is 17.4. The predicted octanol–water partition coefficient (Wildman–Crippen LogP) is 0.987. The molecule has 118 valence electrons. The number of carboxylic acid groups (broad SMARTS) is 1. The summed E-state index contributed by atoms with van der Waals surface area (Å²) in [6.45, 7) is 1.18. The molecule has 0 radical (unpaired) electrons. The van der Waals surface area contributed by atoms with Gasteiger partial charge in [-0.3, -0.25) is 4.79 Å². The first-order valence-electron chi connectivity index (χ1n) is 7.19. The Morgan fingerprint density at radius 2 is 1.80 bits per heavy atom.